The monoisotopic (exact) mass is 316 g/mol. The third kappa shape index (κ3) is 4.12. The van der Waals surface area contributed by atoms with Crippen LogP contribution in [0.15, 0.2) is 24.3 Å². The number of likely N-dealkylation sites (tertiary alicyclic amines) is 1. The second-order valence-electron chi connectivity index (χ2n) is 6.74. The highest BCUT2D eigenvalue weighted by Gasteiger charge is 2.26. The first-order valence-electron chi connectivity index (χ1n) is 8.60. The van der Waals surface area contributed by atoms with E-state index in [2.05, 4.69) is 13.8 Å². The van der Waals surface area contributed by atoms with Gasteiger partial charge in [0.25, 0.3) is 11.8 Å². The van der Waals surface area contributed by atoms with Crippen molar-refractivity contribution in [2.75, 3.05) is 20.1 Å². The first kappa shape index (κ1) is 17.5. The lowest BCUT2D eigenvalue weighted by atomic mass is 10.1. The lowest BCUT2D eigenvalue weighted by Gasteiger charge is -2.29. The van der Waals surface area contributed by atoms with Gasteiger partial charge >= 0.3 is 0 Å². The van der Waals surface area contributed by atoms with Gasteiger partial charge in [0.2, 0.25) is 0 Å². The van der Waals surface area contributed by atoms with Gasteiger partial charge in [-0.05, 0) is 50.8 Å². The number of carbonyl (C=O) groups is 2. The van der Waals surface area contributed by atoms with E-state index in [0.29, 0.717) is 23.6 Å². The van der Waals surface area contributed by atoms with E-state index in [9.17, 15) is 9.59 Å². The third-order valence-corrected chi connectivity index (χ3v) is 4.80. The summed E-state index contributed by atoms with van der Waals surface area (Å²) in [6, 6.07) is 7.38. The number of amides is 2. The molecule has 4 heteroatoms. The van der Waals surface area contributed by atoms with Crippen molar-refractivity contribution < 1.29 is 9.59 Å². The molecule has 4 nitrogen and oxygen atoms in total. The van der Waals surface area contributed by atoms with Crippen molar-refractivity contribution in [3.63, 3.8) is 0 Å². The molecule has 0 saturated carbocycles. The van der Waals surface area contributed by atoms with Crippen LogP contribution in [0.25, 0.3) is 0 Å². The summed E-state index contributed by atoms with van der Waals surface area (Å²) in [5.74, 6) is 0.527. The Labute approximate surface area is 139 Å². The van der Waals surface area contributed by atoms with Gasteiger partial charge in [0.1, 0.15) is 0 Å². The van der Waals surface area contributed by atoms with Crippen LogP contribution in [0.5, 0.6) is 0 Å². The van der Waals surface area contributed by atoms with Gasteiger partial charge in [-0.3, -0.25) is 9.59 Å². The molecular formula is C19H28N2O2. The molecule has 0 aliphatic carbocycles. The molecule has 0 N–H and O–H groups in total. The van der Waals surface area contributed by atoms with Crippen molar-refractivity contribution in [1.82, 2.24) is 9.80 Å². The minimum atomic E-state index is -0.0422. The van der Waals surface area contributed by atoms with Crippen molar-refractivity contribution >= 4 is 11.8 Å². The highest BCUT2D eigenvalue weighted by atomic mass is 16.2. The van der Waals surface area contributed by atoms with Crippen LogP contribution < -0.4 is 0 Å². The summed E-state index contributed by atoms with van der Waals surface area (Å²) < 4.78 is 0. The summed E-state index contributed by atoms with van der Waals surface area (Å²) in [6.07, 6.45) is 3.40. The minimum absolute atomic E-state index is 0.0417. The zero-order valence-corrected chi connectivity index (χ0v) is 14.7. The van der Waals surface area contributed by atoms with Crippen molar-refractivity contribution in [2.45, 2.75) is 46.1 Å². The van der Waals surface area contributed by atoms with Crippen molar-refractivity contribution in [2.24, 2.45) is 5.92 Å². The molecule has 1 aromatic rings. The Morgan fingerprint density at radius 2 is 1.91 bits per heavy atom. The molecule has 126 valence electrons. The predicted molar refractivity (Wildman–Crippen MR) is 92.6 cm³/mol. The molecule has 1 aromatic carbocycles. The van der Waals surface area contributed by atoms with Gasteiger partial charge < -0.3 is 9.80 Å². The van der Waals surface area contributed by atoms with E-state index in [1.54, 1.807) is 30.1 Å². The number of nitrogens with zero attached hydrogens (tertiary/aromatic N) is 2. The summed E-state index contributed by atoms with van der Waals surface area (Å²) in [4.78, 5) is 28.9. The van der Waals surface area contributed by atoms with Crippen LogP contribution in [0.4, 0.5) is 0 Å². The van der Waals surface area contributed by atoms with Crippen molar-refractivity contribution in [3.8, 4) is 0 Å². The fourth-order valence-electron chi connectivity index (χ4n) is 3.12. The Bertz CT molecular complexity index is 570. The molecule has 1 aliphatic heterocycles. The average molecular weight is 316 g/mol. The highest BCUT2D eigenvalue weighted by molar-refractivity contribution is 5.99. The number of hydrogen-bond acceptors (Lipinski definition) is 2. The van der Waals surface area contributed by atoms with Gasteiger partial charge in [0, 0.05) is 37.3 Å². The summed E-state index contributed by atoms with van der Waals surface area (Å²) >= 11 is 0. The normalized spacial score (nSPS) is 21.7. The van der Waals surface area contributed by atoms with Crippen LogP contribution in [-0.4, -0.2) is 47.8 Å². The Balaban J connectivity index is 2.23. The largest absolute Gasteiger partial charge is 0.342 e. The molecule has 1 fully saturated rings. The molecule has 2 rings (SSSR count). The molecule has 0 unspecified atom stereocenters. The maximum atomic E-state index is 12.9. The summed E-state index contributed by atoms with van der Waals surface area (Å²) in [5, 5.41) is 0. The fraction of sp³-hybridized carbons (Fsp3) is 0.579. The number of carbonyl (C=O) groups excluding carboxylic acids is 2. The summed E-state index contributed by atoms with van der Waals surface area (Å²) in [6.45, 7) is 7.71. The third-order valence-electron chi connectivity index (χ3n) is 4.80. The Morgan fingerprint density at radius 1 is 1.22 bits per heavy atom. The zero-order valence-electron chi connectivity index (χ0n) is 14.7. The highest BCUT2D eigenvalue weighted by Crippen LogP contribution is 2.23. The molecule has 0 radical (unpaired) electrons. The maximum absolute atomic E-state index is 12.9. The van der Waals surface area contributed by atoms with Crippen molar-refractivity contribution in [1.29, 1.82) is 0 Å². The molecular weight excluding hydrogens is 288 g/mol. The molecule has 1 saturated heterocycles. The fourth-order valence-corrected chi connectivity index (χ4v) is 3.12. The minimum Gasteiger partial charge on any atom is -0.342 e. The Hall–Kier alpha value is -1.84. The SMILES string of the molecule is CCN(C)C(=O)c1cccc(C(=O)N2C[C@@H](C)CCC[C@H]2C)c1. The van der Waals surface area contributed by atoms with Crippen LogP contribution in [0.1, 0.15) is 60.7 Å². The van der Waals surface area contributed by atoms with Gasteiger partial charge in [-0.2, -0.15) is 0 Å². The van der Waals surface area contributed by atoms with Crippen LogP contribution in [0.2, 0.25) is 0 Å². The van der Waals surface area contributed by atoms with E-state index in [1.807, 2.05) is 17.9 Å². The molecule has 23 heavy (non-hydrogen) atoms. The van der Waals surface area contributed by atoms with Gasteiger partial charge in [0.15, 0.2) is 0 Å². The quantitative estimate of drug-likeness (QED) is 0.857. The summed E-state index contributed by atoms with van der Waals surface area (Å²) in [7, 11) is 1.77. The van der Waals surface area contributed by atoms with Crippen molar-refractivity contribution in [3.05, 3.63) is 35.4 Å². The molecule has 1 aliphatic rings. The number of rotatable bonds is 3. The first-order chi connectivity index (χ1) is 10.9. The Kier molecular flexibility index (Phi) is 5.80. The van der Waals surface area contributed by atoms with Gasteiger partial charge in [-0.1, -0.05) is 19.4 Å². The molecule has 1 heterocycles. The first-order valence-corrected chi connectivity index (χ1v) is 8.60. The lowest BCUT2D eigenvalue weighted by Crippen LogP contribution is -2.40. The number of benzene rings is 1. The second-order valence-corrected chi connectivity index (χ2v) is 6.74. The number of hydrogen-bond donors (Lipinski definition) is 0. The molecule has 2 atom stereocenters. The average Bonchev–Trinajstić information content (AvgIpc) is 2.73. The van der Waals surface area contributed by atoms with Crippen LogP contribution >= 0.6 is 0 Å². The Morgan fingerprint density at radius 3 is 2.61 bits per heavy atom. The smallest absolute Gasteiger partial charge is 0.254 e. The maximum Gasteiger partial charge on any atom is 0.254 e. The topological polar surface area (TPSA) is 40.6 Å². The van der Waals surface area contributed by atoms with E-state index in [1.165, 1.54) is 12.8 Å². The summed E-state index contributed by atoms with van der Waals surface area (Å²) in [5.41, 5.74) is 1.19. The predicted octanol–water partition coefficient (Wildman–Crippen LogP) is 3.43. The molecule has 0 spiro atoms. The zero-order chi connectivity index (χ0) is 17.0. The molecule has 0 bridgehead atoms. The van der Waals surface area contributed by atoms with E-state index in [0.717, 1.165) is 13.0 Å². The van der Waals surface area contributed by atoms with E-state index in [-0.39, 0.29) is 17.9 Å². The van der Waals surface area contributed by atoms with E-state index in [4.69, 9.17) is 0 Å². The van der Waals surface area contributed by atoms with Crippen LogP contribution in [0.3, 0.4) is 0 Å². The molecule has 0 aromatic heterocycles. The van der Waals surface area contributed by atoms with E-state index >= 15 is 0 Å². The standard InChI is InChI=1S/C19H28N2O2/c1-5-20(4)18(22)16-10-7-11-17(12-16)19(23)21-13-14(2)8-6-9-15(21)3/h7,10-12,14-15H,5-6,8-9,13H2,1-4H3/t14-,15+/m0/s1. The van der Waals surface area contributed by atoms with Crippen LogP contribution in [-0.2, 0) is 0 Å². The van der Waals surface area contributed by atoms with Gasteiger partial charge in [-0.25, -0.2) is 0 Å². The van der Waals surface area contributed by atoms with Crippen LogP contribution in [0, 0.1) is 5.92 Å². The van der Waals surface area contributed by atoms with Gasteiger partial charge in [-0.15, -0.1) is 0 Å². The van der Waals surface area contributed by atoms with Gasteiger partial charge in [0.05, 0.1) is 0 Å². The lowest BCUT2D eigenvalue weighted by molar-refractivity contribution is 0.0677. The molecule has 2 amide bonds. The second kappa shape index (κ2) is 7.62. The van der Waals surface area contributed by atoms with E-state index < -0.39 is 0 Å².